The summed E-state index contributed by atoms with van der Waals surface area (Å²) in [5.41, 5.74) is 3.53. The van der Waals surface area contributed by atoms with Gasteiger partial charge in [-0.2, -0.15) is 5.10 Å². The van der Waals surface area contributed by atoms with E-state index in [1.165, 1.54) is 6.26 Å². The Morgan fingerprint density at radius 3 is 2.67 bits per heavy atom. The van der Waals surface area contributed by atoms with Crippen LogP contribution in [-0.4, -0.2) is 16.1 Å². The number of amides is 1. The molecule has 0 aliphatic carbocycles. The zero-order valence-electron chi connectivity index (χ0n) is 11.0. The molecule has 21 heavy (non-hydrogen) atoms. The molecule has 1 aromatic carbocycles. The number of nitrogens with one attached hydrogen (secondary N) is 2. The Hall–Kier alpha value is -2.34. The Balaban J connectivity index is 1.64. The van der Waals surface area contributed by atoms with Gasteiger partial charge in [0.1, 0.15) is 0 Å². The zero-order valence-corrected chi connectivity index (χ0v) is 12.6. The topological polar surface area (TPSA) is 70.9 Å². The average Bonchev–Trinajstić information content (AvgIpc) is 3.16. The highest BCUT2D eigenvalue weighted by Gasteiger charge is 2.11. The molecule has 0 aliphatic heterocycles. The van der Waals surface area contributed by atoms with Gasteiger partial charge in [0.15, 0.2) is 4.67 Å². The van der Waals surface area contributed by atoms with Crippen LogP contribution in [0.4, 0.5) is 0 Å². The number of H-pyrrole nitrogens is 1. The van der Waals surface area contributed by atoms with Gasteiger partial charge in [0, 0.05) is 12.7 Å². The van der Waals surface area contributed by atoms with E-state index >= 15 is 0 Å². The summed E-state index contributed by atoms with van der Waals surface area (Å²) in [6.45, 7) is 0.458. The van der Waals surface area contributed by atoms with E-state index in [4.69, 9.17) is 4.42 Å². The molecular weight excluding hydrogens is 334 g/mol. The van der Waals surface area contributed by atoms with E-state index in [1.54, 1.807) is 12.3 Å². The van der Waals surface area contributed by atoms with Crippen LogP contribution < -0.4 is 5.32 Å². The number of hydrogen-bond donors (Lipinski definition) is 2. The number of aromatic amines is 1. The number of halogens is 1. The fraction of sp³-hybridized carbons (Fsp3) is 0.0667. The van der Waals surface area contributed by atoms with E-state index < -0.39 is 0 Å². The molecule has 0 bridgehead atoms. The number of benzene rings is 1. The molecule has 0 fully saturated rings. The van der Waals surface area contributed by atoms with Crippen LogP contribution >= 0.6 is 15.9 Å². The number of furan rings is 1. The molecule has 2 aromatic heterocycles. The second-order valence-corrected chi connectivity index (χ2v) is 5.18. The highest BCUT2D eigenvalue weighted by molar-refractivity contribution is 9.10. The Labute approximate surface area is 129 Å². The summed E-state index contributed by atoms with van der Waals surface area (Å²) in [5, 5.41) is 9.68. The van der Waals surface area contributed by atoms with Crippen LogP contribution in [0.15, 0.2) is 57.9 Å². The van der Waals surface area contributed by atoms with E-state index in [1.807, 2.05) is 30.3 Å². The first-order valence-electron chi connectivity index (χ1n) is 6.34. The molecule has 106 valence electrons. The van der Waals surface area contributed by atoms with Crippen molar-refractivity contribution in [1.82, 2.24) is 15.5 Å². The Bertz CT molecular complexity index is 733. The number of aromatic nitrogens is 2. The molecule has 0 atom stereocenters. The van der Waals surface area contributed by atoms with Gasteiger partial charge in [0.25, 0.3) is 5.91 Å². The molecule has 2 heterocycles. The van der Waals surface area contributed by atoms with Crippen LogP contribution in [0.2, 0.25) is 0 Å². The lowest BCUT2D eigenvalue weighted by Crippen LogP contribution is -2.22. The summed E-state index contributed by atoms with van der Waals surface area (Å²) in [6, 6.07) is 11.5. The third-order valence-electron chi connectivity index (χ3n) is 3.08. The van der Waals surface area contributed by atoms with Gasteiger partial charge in [-0.1, -0.05) is 24.3 Å². The summed E-state index contributed by atoms with van der Waals surface area (Å²) in [6.07, 6.45) is 3.18. The zero-order chi connectivity index (χ0) is 14.7. The Kier molecular flexibility index (Phi) is 3.87. The van der Waals surface area contributed by atoms with Gasteiger partial charge in [0.2, 0.25) is 0 Å². The van der Waals surface area contributed by atoms with Crippen LogP contribution in [-0.2, 0) is 6.54 Å². The fourth-order valence-corrected chi connectivity index (χ4v) is 2.37. The first kappa shape index (κ1) is 13.6. The first-order valence-corrected chi connectivity index (χ1v) is 7.13. The van der Waals surface area contributed by atoms with Crippen molar-refractivity contribution < 1.29 is 9.21 Å². The number of carbonyl (C=O) groups excluding carboxylic acids is 1. The Morgan fingerprint density at radius 2 is 2.05 bits per heavy atom. The largest absolute Gasteiger partial charge is 0.457 e. The van der Waals surface area contributed by atoms with Gasteiger partial charge in [-0.15, -0.1) is 0 Å². The van der Waals surface area contributed by atoms with Crippen LogP contribution in [0.25, 0.3) is 11.3 Å². The van der Waals surface area contributed by atoms with E-state index in [0.717, 1.165) is 16.8 Å². The molecule has 6 heteroatoms. The lowest BCUT2D eigenvalue weighted by molar-refractivity contribution is 0.0949. The van der Waals surface area contributed by atoms with Gasteiger partial charge < -0.3 is 9.73 Å². The summed E-state index contributed by atoms with van der Waals surface area (Å²) < 4.78 is 5.48. The molecule has 3 rings (SSSR count). The molecule has 0 saturated heterocycles. The first-order chi connectivity index (χ1) is 10.2. The van der Waals surface area contributed by atoms with Gasteiger partial charge in [0.05, 0.1) is 17.5 Å². The molecule has 0 spiro atoms. The maximum atomic E-state index is 11.9. The molecule has 5 nitrogen and oxygen atoms in total. The van der Waals surface area contributed by atoms with Gasteiger partial charge in [-0.3, -0.25) is 9.89 Å². The SMILES string of the molecule is O=C(NCc1ccc(-c2ccn[nH]2)cc1)c1ccoc1Br. The molecule has 1 amide bonds. The average molecular weight is 346 g/mol. The molecular formula is C15H12BrN3O2. The fourth-order valence-electron chi connectivity index (χ4n) is 1.95. The monoisotopic (exact) mass is 345 g/mol. The highest BCUT2D eigenvalue weighted by Crippen LogP contribution is 2.18. The second kappa shape index (κ2) is 5.97. The van der Waals surface area contributed by atoms with Crippen molar-refractivity contribution in [2.75, 3.05) is 0 Å². The van der Waals surface area contributed by atoms with Crippen molar-refractivity contribution in [2.45, 2.75) is 6.54 Å². The van der Waals surface area contributed by atoms with Crippen LogP contribution in [0.3, 0.4) is 0 Å². The summed E-state index contributed by atoms with van der Waals surface area (Å²) in [4.78, 5) is 11.9. The molecule has 0 radical (unpaired) electrons. The predicted molar refractivity (Wildman–Crippen MR) is 81.6 cm³/mol. The molecule has 0 aliphatic rings. The van der Waals surface area contributed by atoms with Crippen LogP contribution in [0, 0.1) is 0 Å². The van der Waals surface area contributed by atoms with Gasteiger partial charge in [-0.25, -0.2) is 0 Å². The second-order valence-electron chi connectivity index (χ2n) is 4.46. The maximum absolute atomic E-state index is 11.9. The Morgan fingerprint density at radius 1 is 1.24 bits per heavy atom. The third kappa shape index (κ3) is 3.05. The van der Waals surface area contributed by atoms with Crippen molar-refractivity contribution in [1.29, 1.82) is 0 Å². The minimum atomic E-state index is -0.173. The summed E-state index contributed by atoms with van der Waals surface area (Å²) in [7, 11) is 0. The smallest absolute Gasteiger partial charge is 0.256 e. The van der Waals surface area contributed by atoms with Crippen molar-refractivity contribution in [3.63, 3.8) is 0 Å². The number of hydrogen-bond acceptors (Lipinski definition) is 3. The van der Waals surface area contributed by atoms with Crippen molar-refractivity contribution in [3.8, 4) is 11.3 Å². The number of rotatable bonds is 4. The van der Waals surface area contributed by atoms with Gasteiger partial charge >= 0.3 is 0 Å². The van der Waals surface area contributed by atoms with E-state index in [-0.39, 0.29) is 5.91 Å². The lowest BCUT2D eigenvalue weighted by atomic mass is 10.1. The minimum Gasteiger partial charge on any atom is -0.457 e. The predicted octanol–water partition coefficient (Wildman–Crippen LogP) is 3.36. The lowest BCUT2D eigenvalue weighted by Gasteiger charge is -2.05. The van der Waals surface area contributed by atoms with E-state index in [2.05, 4.69) is 31.4 Å². The molecule has 0 unspecified atom stereocenters. The van der Waals surface area contributed by atoms with Gasteiger partial charge in [-0.05, 0) is 39.2 Å². The highest BCUT2D eigenvalue weighted by atomic mass is 79.9. The van der Waals surface area contributed by atoms with Crippen molar-refractivity contribution in [3.05, 3.63) is 64.7 Å². The van der Waals surface area contributed by atoms with Crippen molar-refractivity contribution in [2.24, 2.45) is 0 Å². The number of nitrogens with zero attached hydrogens (tertiary/aromatic N) is 1. The summed E-state index contributed by atoms with van der Waals surface area (Å²) >= 11 is 3.19. The normalized spacial score (nSPS) is 10.5. The van der Waals surface area contributed by atoms with E-state index in [9.17, 15) is 4.79 Å². The quantitative estimate of drug-likeness (QED) is 0.761. The third-order valence-corrected chi connectivity index (χ3v) is 3.70. The van der Waals surface area contributed by atoms with E-state index in [0.29, 0.717) is 16.8 Å². The van der Waals surface area contributed by atoms with Crippen molar-refractivity contribution >= 4 is 21.8 Å². The van der Waals surface area contributed by atoms with Crippen LogP contribution in [0.5, 0.6) is 0 Å². The summed E-state index contributed by atoms with van der Waals surface area (Å²) in [5.74, 6) is -0.173. The maximum Gasteiger partial charge on any atom is 0.256 e. The molecule has 0 saturated carbocycles. The molecule has 3 aromatic rings. The van der Waals surface area contributed by atoms with Crippen LogP contribution in [0.1, 0.15) is 15.9 Å². The number of carbonyl (C=O) groups is 1. The minimum absolute atomic E-state index is 0.173. The molecule has 2 N–H and O–H groups in total. The standard InChI is InChI=1S/C15H12BrN3O2/c16-14-12(6-8-21-14)15(20)17-9-10-1-3-11(4-2-10)13-5-7-18-19-13/h1-8H,9H2,(H,17,20)(H,18,19).